The topological polar surface area (TPSA) is 21.7 Å². The van der Waals surface area contributed by atoms with Crippen LogP contribution in [0.15, 0.2) is 0 Å². The Morgan fingerprint density at radius 2 is 2.07 bits per heavy atom. The van der Waals surface area contributed by atoms with Crippen molar-refractivity contribution in [2.24, 2.45) is 0 Å². The van der Waals surface area contributed by atoms with E-state index in [1.807, 2.05) is 0 Å². The zero-order chi connectivity index (χ0) is 11.5. The van der Waals surface area contributed by atoms with Gasteiger partial charge in [-0.15, -0.1) is 0 Å². The van der Waals surface area contributed by atoms with Crippen LogP contribution in [0.5, 0.6) is 0 Å². The first kappa shape index (κ1) is 15.4. The summed E-state index contributed by atoms with van der Waals surface area (Å²) in [5.41, 5.74) is 0. The monoisotopic (exact) mass is 281 g/mol. The van der Waals surface area contributed by atoms with E-state index in [1.54, 1.807) is 7.11 Å². The van der Waals surface area contributed by atoms with Crippen LogP contribution in [0, 0.1) is 0 Å². The van der Waals surface area contributed by atoms with Gasteiger partial charge in [0.2, 0.25) is 0 Å². The summed E-state index contributed by atoms with van der Waals surface area (Å²) < 4.78 is 10.6. The summed E-state index contributed by atoms with van der Waals surface area (Å²) in [5, 5.41) is 0. The Balaban J connectivity index is 3.28. The molecule has 92 valence electrons. The van der Waals surface area contributed by atoms with Crippen molar-refractivity contribution in [2.45, 2.75) is 24.6 Å². The van der Waals surface area contributed by atoms with Crippen LogP contribution in [0.3, 0.4) is 0 Å². The average Bonchev–Trinajstić information content (AvgIpc) is 2.17. The molecule has 1 unspecified atom stereocenters. The number of hydrogen-bond donors (Lipinski definition) is 0. The second-order valence-corrected chi connectivity index (χ2v) is 5.08. The number of methoxy groups -OCH3 is 1. The third kappa shape index (κ3) is 10.6. The van der Waals surface area contributed by atoms with Gasteiger partial charge >= 0.3 is 0 Å². The molecule has 0 aromatic carbocycles. The van der Waals surface area contributed by atoms with Crippen molar-refractivity contribution in [2.75, 3.05) is 47.1 Å². The molecule has 0 bridgehead atoms. The second kappa shape index (κ2) is 10.9. The van der Waals surface area contributed by atoms with Gasteiger partial charge in [-0.25, -0.2) is 0 Å². The highest BCUT2D eigenvalue weighted by Gasteiger charge is 2.06. The van der Waals surface area contributed by atoms with E-state index in [9.17, 15) is 0 Å². The molecule has 1 atom stereocenters. The van der Waals surface area contributed by atoms with Gasteiger partial charge in [0, 0.05) is 26.8 Å². The van der Waals surface area contributed by atoms with E-state index in [1.165, 1.54) is 6.42 Å². The molecule has 0 aliphatic rings. The summed E-state index contributed by atoms with van der Waals surface area (Å²) in [6, 6.07) is 0. The van der Waals surface area contributed by atoms with Gasteiger partial charge in [-0.05, 0) is 13.5 Å². The molecule has 0 fully saturated rings. The number of unbranched alkanes of at least 4 members (excludes halogenated alkanes) is 1. The van der Waals surface area contributed by atoms with Crippen molar-refractivity contribution in [1.82, 2.24) is 4.90 Å². The lowest BCUT2D eigenvalue weighted by atomic mass is 10.4. The van der Waals surface area contributed by atoms with Gasteiger partial charge in [0.1, 0.15) is 0 Å². The standard InChI is InChI=1S/C11H24BrNO2/c1-4-5-7-15-8-6-13(2)9-11(12)10-14-3/h11H,4-10H2,1-3H3. The minimum absolute atomic E-state index is 0.406. The Labute approximate surface area is 102 Å². The first-order valence-corrected chi connectivity index (χ1v) is 6.51. The van der Waals surface area contributed by atoms with Crippen LogP contribution < -0.4 is 0 Å². The van der Waals surface area contributed by atoms with Gasteiger partial charge in [0.05, 0.1) is 18.0 Å². The fourth-order valence-electron chi connectivity index (χ4n) is 1.23. The molecule has 0 aromatic heterocycles. The lowest BCUT2D eigenvalue weighted by Gasteiger charge is -2.19. The number of ether oxygens (including phenoxy) is 2. The predicted octanol–water partition coefficient (Wildman–Crippen LogP) is 2.14. The number of hydrogen-bond acceptors (Lipinski definition) is 3. The molecule has 0 saturated heterocycles. The maximum atomic E-state index is 5.50. The molecule has 0 heterocycles. The zero-order valence-corrected chi connectivity index (χ0v) is 11.8. The Hall–Kier alpha value is 0.360. The summed E-state index contributed by atoms with van der Waals surface area (Å²) in [6.07, 6.45) is 2.36. The third-order valence-electron chi connectivity index (χ3n) is 2.12. The van der Waals surface area contributed by atoms with E-state index < -0.39 is 0 Å². The number of rotatable bonds is 10. The smallest absolute Gasteiger partial charge is 0.0600 e. The first-order chi connectivity index (χ1) is 7.20. The van der Waals surface area contributed by atoms with E-state index in [2.05, 4.69) is 34.8 Å². The molecule has 0 spiro atoms. The van der Waals surface area contributed by atoms with Gasteiger partial charge < -0.3 is 14.4 Å². The van der Waals surface area contributed by atoms with Gasteiger partial charge in [0.25, 0.3) is 0 Å². The Morgan fingerprint density at radius 1 is 1.33 bits per heavy atom. The fourth-order valence-corrected chi connectivity index (χ4v) is 1.99. The maximum absolute atomic E-state index is 5.50. The first-order valence-electron chi connectivity index (χ1n) is 5.60. The molecule has 0 rings (SSSR count). The third-order valence-corrected chi connectivity index (χ3v) is 2.67. The molecule has 0 saturated carbocycles. The summed E-state index contributed by atoms with van der Waals surface area (Å²) in [5.74, 6) is 0. The van der Waals surface area contributed by atoms with Crippen LogP contribution >= 0.6 is 15.9 Å². The molecule has 0 aliphatic carbocycles. The quantitative estimate of drug-likeness (QED) is 0.452. The van der Waals surface area contributed by atoms with Gasteiger partial charge in [-0.2, -0.15) is 0 Å². The Morgan fingerprint density at radius 3 is 2.67 bits per heavy atom. The normalized spacial score (nSPS) is 13.4. The molecule has 0 aromatic rings. The van der Waals surface area contributed by atoms with Gasteiger partial charge in [0.15, 0.2) is 0 Å². The molecular formula is C11H24BrNO2. The largest absolute Gasteiger partial charge is 0.383 e. The molecule has 4 heteroatoms. The minimum Gasteiger partial charge on any atom is -0.383 e. The number of likely N-dealkylation sites (N-methyl/N-ethyl adjacent to an activating group) is 1. The van der Waals surface area contributed by atoms with E-state index in [-0.39, 0.29) is 0 Å². The minimum atomic E-state index is 0.406. The molecule has 0 radical (unpaired) electrons. The lowest BCUT2D eigenvalue weighted by Crippen LogP contribution is -2.31. The molecular weight excluding hydrogens is 258 g/mol. The van der Waals surface area contributed by atoms with Crippen molar-refractivity contribution in [3.8, 4) is 0 Å². The SMILES string of the molecule is CCCCOCCN(C)CC(Br)COC. The van der Waals surface area contributed by atoms with E-state index >= 15 is 0 Å². The predicted molar refractivity (Wildman–Crippen MR) is 67.8 cm³/mol. The number of alkyl halides is 1. The van der Waals surface area contributed by atoms with Crippen LogP contribution in [0.25, 0.3) is 0 Å². The van der Waals surface area contributed by atoms with Crippen LogP contribution in [0.2, 0.25) is 0 Å². The van der Waals surface area contributed by atoms with E-state index in [4.69, 9.17) is 9.47 Å². The lowest BCUT2D eigenvalue weighted by molar-refractivity contribution is 0.106. The number of halogens is 1. The second-order valence-electron chi connectivity index (χ2n) is 3.78. The molecule has 15 heavy (non-hydrogen) atoms. The molecule has 0 aliphatic heterocycles. The zero-order valence-electron chi connectivity index (χ0n) is 10.2. The maximum Gasteiger partial charge on any atom is 0.0600 e. The van der Waals surface area contributed by atoms with Gasteiger partial charge in [-0.1, -0.05) is 29.3 Å². The van der Waals surface area contributed by atoms with Crippen LogP contribution in [-0.2, 0) is 9.47 Å². The van der Waals surface area contributed by atoms with Crippen LogP contribution in [0.4, 0.5) is 0 Å². The van der Waals surface area contributed by atoms with Gasteiger partial charge in [-0.3, -0.25) is 0 Å². The molecule has 3 nitrogen and oxygen atoms in total. The summed E-state index contributed by atoms with van der Waals surface area (Å²) >= 11 is 3.57. The van der Waals surface area contributed by atoms with Crippen LogP contribution in [-0.4, -0.2) is 56.8 Å². The summed E-state index contributed by atoms with van der Waals surface area (Å²) in [7, 11) is 3.83. The average molecular weight is 282 g/mol. The molecule has 0 amide bonds. The highest BCUT2D eigenvalue weighted by Crippen LogP contribution is 2.01. The van der Waals surface area contributed by atoms with E-state index in [0.29, 0.717) is 4.83 Å². The number of nitrogens with zero attached hydrogens (tertiary/aromatic N) is 1. The highest BCUT2D eigenvalue weighted by molar-refractivity contribution is 9.09. The Bertz CT molecular complexity index is 136. The van der Waals surface area contributed by atoms with Crippen molar-refractivity contribution in [3.05, 3.63) is 0 Å². The van der Waals surface area contributed by atoms with E-state index in [0.717, 1.165) is 39.3 Å². The summed E-state index contributed by atoms with van der Waals surface area (Å²) in [4.78, 5) is 2.66. The highest BCUT2D eigenvalue weighted by atomic mass is 79.9. The molecule has 0 N–H and O–H groups in total. The summed E-state index contributed by atoms with van der Waals surface area (Å²) in [6.45, 7) is 6.61. The van der Waals surface area contributed by atoms with Crippen molar-refractivity contribution >= 4 is 15.9 Å². The van der Waals surface area contributed by atoms with Crippen LogP contribution in [0.1, 0.15) is 19.8 Å². The van der Waals surface area contributed by atoms with Crippen molar-refractivity contribution in [3.63, 3.8) is 0 Å². The Kier molecular flexibility index (Phi) is 11.1. The fraction of sp³-hybridized carbons (Fsp3) is 1.00. The van der Waals surface area contributed by atoms with Crippen molar-refractivity contribution in [1.29, 1.82) is 0 Å². The van der Waals surface area contributed by atoms with Crippen molar-refractivity contribution < 1.29 is 9.47 Å².